The molecule has 0 amide bonds. The van der Waals surface area contributed by atoms with Gasteiger partial charge in [-0.1, -0.05) is 23.7 Å². The van der Waals surface area contributed by atoms with Gasteiger partial charge in [0, 0.05) is 24.8 Å². The van der Waals surface area contributed by atoms with Gasteiger partial charge in [-0.3, -0.25) is 0 Å². The second-order valence-corrected chi connectivity index (χ2v) is 9.92. The third-order valence-electron chi connectivity index (χ3n) is 5.25. The smallest absolute Gasteiger partial charge is 1.00 e. The molecule has 0 unspecified atom stereocenters. The van der Waals surface area contributed by atoms with E-state index in [2.05, 4.69) is 9.72 Å². The molecule has 0 bridgehead atoms. The van der Waals surface area contributed by atoms with Crippen molar-refractivity contribution in [3.8, 4) is 5.75 Å². The summed E-state index contributed by atoms with van der Waals surface area (Å²) < 4.78 is 71.6. The van der Waals surface area contributed by atoms with Gasteiger partial charge in [0.25, 0.3) is 10.0 Å². The molecule has 0 saturated heterocycles. The number of benzene rings is 2. The van der Waals surface area contributed by atoms with E-state index >= 15 is 0 Å². The van der Waals surface area contributed by atoms with Crippen molar-refractivity contribution in [2.75, 3.05) is 4.31 Å². The number of aromatic carboxylic acids is 1. The summed E-state index contributed by atoms with van der Waals surface area (Å²) in [7, 11) is -2.64. The largest absolute Gasteiger partial charge is 1.00 e. The van der Waals surface area contributed by atoms with Crippen LogP contribution >= 0.6 is 11.6 Å². The van der Waals surface area contributed by atoms with Gasteiger partial charge >= 0.3 is 41.9 Å². The van der Waals surface area contributed by atoms with E-state index in [0.29, 0.717) is 21.5 Å². The Balaban J connectivity index is 0.00000253. The molecule has 2 aromatic heterocycles. The molecule has 8 nitrogen and oxygen atoms in total. The van der Waals surface area contributed by atoms with Crippen LogP contribution in [0.2, 0.25) is 5.02 Å². The first kappa shape index (κ1) is 28.8. The zero-order valence-corrected chi connectivity index (χ0v) is 23.0. The molecule has 37 heavy (non-hydrogen) atoms. The van der Waals surface area contributed by atoms with Crippen LogP contribution < -0.4 is 38.6 Å². The SMILES string of the molecule is Cn1ccc2c(Cl)cnc(N(Cc3ccc(OC(F)(F)F)cc3)S(=O)(=O)c3ccc(C(=O)O)cc3)c21.[H-].[Na+]. The minimum atomic E-state index is -4.87. The molecule has 0 aliphatic rings. The number of carboxylic acids is 1. The van der Waals surface area contributed by atoms with Crippen molar-refractivity contribution in [1.82, 2.24) is 9.55 Å². The number of alkyl halides is 3. The first-order valence-corrected chi connectivity index (χ1v) is 12.0. The number of sulfonamides is 1. The third-order valence-corrected chi connectivity index (χ3v) is 7.30. The molecule has 0 radical (unpaired) electrons. The van der Waals surface area contributed by atoms with E-state index in [0.717, 1.165) is 40.7 Å². The van der Waals surface area contributed by atoms with Crippen LogP contribution in [0.4, 0.5) is 19.0 Å². The van der Waals surface area contributed by atoms with Crippen molar-refractivity contribution in [3.05, 3.63) is 83.1 Å². The molecule has 0 saturated carbocycles. The summed E-state index contributed by atoms with van der Waals surface area (Å²) in [5, 5.41) is 9.98. The van der Waals surface area contributed by atoms with E-state index in [4.69, 9.17) is 16.7 Å². The fourth-order valence-corrected chi connectivity index (χ4v) is 5.18. The fraction of sp³-hybridized carbons (Fsp3) is 0.130. The van der Waals surface area contributed by atoms with Crippen molar-refractivity contribution >= 4 is 44.3 Å². The van der Waals surface area contributed by atoms with Crippen molar-refractivity contribution in [2.24, 2.45) is 7.05 Å². The number of nitrogens with zero attached hydrogens (tertiary/aromatic N) is 3. The van der Waals surface area contributed by atoms with Gasteiger partial charge in [-0.15, -0.1) is 13.2 Å². The van der Waals surface area contributed by atoms with Crippen LogP contribution in [0, 0.1) is 0 Å². The molecule has 14 heteroatoms. The molecule has 4 rings (SSSR count). The predicted molar refractivity (Wildman–Crippen MR) is 127 cm³/mol. The maximum absolute atomic E-state index is 13.8. The number of carbonyl (C=O) groups is 1. The van der Waals surface area contributed by atoms with Crippen LogP contribution in [-0.4, -0.2) is 35.4 Å². The second kappa shape index (κ2) is 10.9. The van der Waals surface area contributed by atoms with Crippen molar-refractivity contribution in [1.29, 1.82) is 0 Å². The third kappa shape index (κ3) is 6.21. The topological polar surface area (TPSA) is 102 Å². The van der Waals surface area contributed by atoms with Crippen LogP contribution in [0.3, 0.4) is 0 Å². The summed E-state index contributed by atoms with van der Waals surface area (Å²) in [6.45, 7) is -0.301. The Morgan fingerprint density at radius 3 is 2.32 bits per heavy atom. The molecule has 0 fully saturated rings. The molecule has 0 aliphatic heterocycles. The summed E-state index contributed by atoms with van der Waals surface area (Å²) >= 11 is 6.25. The average molecular weight is 564 g/mol. The quantitative estimate of drug-likeness (QED) is 0.346. The van der Waals surface area contributed by atoms with Crippen LogP contribution in [-0.2, 0) is 23.6 Å². The summed E-state index contributed by atoms with van der Waals surface area (Å²) in [6.07, 6.45) is -1.89. The minimum Gasteiger partial charge on any atom is -1.00 e. The van der Waals surface area contributed by atoms with E-state index in [1.807, 2.05) is 0 Å². The van der Waals surface area contributed by atoms with Gasteiger partial charge in [0.15, 0.2) is 5.82 Å². The van der Waals surface area contributed by atoms with E-state index in [9.17, 15) is 26.4 Å². The Kier molecular flexibility index (Phi) is 8.50. The molecule has 0 spiro atoms. The number of anilines is 1. The summed E-state index contributed by atoms with van der Waals surface area (Å²) in [5.74, 6) is -1.65. The molecular weight excluding hydrogens is 546 g/mol. The predicted octanol–water partition coefficient (Wildman–Crippen LogP) is 2.34. The van der Waals surface area contributed by atoms with Crippen molar-refractivity contribution < 1.29 is 67.2 Å². The Labute approximate surface area is 238 Å². The molecule has 1 N–H and O–H groups in total. The molecule has 0 atom stereocenters. The summed E-state index contributed by atoms with van der Waals surface area (Å²) in [4.78, 5) is 15.3. The Morgan fingerprint density at radius 2 is 1.76 bits per heavy atom. The van der Waals surface area contributed by atoms with E-state index in [-0.39, 0.29) is 53.8 Å². The normalized spacial score (nSPS) is 11.7. The summed E-state index contributed by atoms with van der Waals surface area (Å²) in [6, 6.07) is 11.1. The molecule has 0 aliphatic carbocycles. The van der Waals surface area contributed by atoms with Crippen LogP contribution in [0.25, 0.3) is 10.9 Å². The van der Waals surface area contributed by atoms with Gasteiger partial charge in [0.2, 0.25) is 0 Å². The number of pyridine rings is 1. The standard InChI is InChI=1S/C23H17ClF3N3O5S.Na.H/c1-29-11-10-18-19(24)12-28-21(20(18)29)30(13-14-2-6-16(7-3-14)35-23(25,26)27)36(33,34)17-8-4-15(5-9-17)22(31)32;;/h2-12H,13H2,1H3,(H,31,32);;/q;+1;-1. The van der Waals surface area contributed by atoms with Crippen LogP contribution in [0.15, 0.2) is 71.9 Å². The molecular formula is C23H18ClF3N3NaO5S. The second-order valence-electron chi connectivity index (χ2n) is 7.65. The maximum atomic E-state index is 13.8. The zero-order chi connectivity index (χ0) is 26.3. The Hall–Kier alpha value is -2.77. The van der Waals surface area contributed by atoms with Crippen molar-refractivity contribution in [2.45, 2.75) is 17.8 Å². The Morgan fingerprint density at radius 1 is 1.14 bits per heavy atom. The number of ether oxygens (including phenoxy) is 1. The molecule has 2 heterocycles. The van der Waals surface area contributed by atoms with Gasteiger partial charge in [-0.25, -0.2) is 22.5 Å². The first-order chi connectivity index (χ1) is 16.9. The maximum Gasteiger partial charge on any atom is 1.00 e. The zero-order valence-electron chi connectivity index (χ0n) is 20.4. The summed E-state index contributed by atoms with van der Waals surface area (Å²) in [5.41, 5.74) is 0.648. The van der Waals surface area contributed by atoms with Crippen LogP contribution in [0.1, 0.15) is 17.3 Å². The van der Waals surface area contributed by atoms with Gasteiger partial charge < -0.3 is 15.8 Å². The number of halogens is 4. The number of hydrogen-bond acceptors (Lipinski definition) is 5. The molecule has 2 aromatic carbocycles. The Bertz CT molecular complexity index is 1550. The molecule has 190 valence electrons. The monoisotopic (exact) mass is 563 g/mol. The number of hydrogen-bond donors (Lipinski definition) is 1. The molecule has 4 aromatic rings. The van der Waals surface area contributed by atoms with E-state index in [1.54, 1.807) is 23.9 Å². The van der Waals surface area contributed by atoms with E-state index < -0.39 is 28.1 Å². The fourth-order valence-electron chi connectivity index (χ4n) is 3.56. The van der Waals surface area contributed by atoms with Gasteiger partial charge in [0.1, 0.15) is 5.75 Å². The number of fused-ring (bicyclic) bond motifs is 1. The number of rotatable bonds is 7. The average Bonchev–Trinajstić information content (AvgIpc) is 3.21. The number of carboxylic acid groups (broad SMARTS) is 1. The minimum absolute atomic E-state index is 0. The van der Waals surface area contributed by atoms with Crippen molar-refractivity contribution in [3.63, 3.8) is 0 Å². The number of aromatic nitrogens is 2. The number of aryl methyl sites for hydroxylation is 1. The first-order valence-electron chi connectivity index (χ1n) is 10.2. The van der Waals surface area contributed by atoms with Gasteiger partial charge in [-0.05, 0) is 48.0 Å². The van der Waals surface area contributed by atoms with Gasteiger partial charge in [-0.2, -0.15) is 0 Å². The van der Waals surface area contributed by atoms with Gasteiger partial charge in [0.05, 0.1) is 27.5 Å². The van der Waals surface area contributed by atoms with Crippen LogP contribution in [0.5, 0.6) is 5.75 Å². The van der Waals surface area contributed by atoms with E-state index in [1.165, 1.54) is 18.3 Å².